The largest absolute Gasteiger partial charge is 0.337 e. The van der Waals surface area contributed by atoms with Crippen LogP contribution in [-0.4, -0.2) is 66.0 Å². The van der Waals surface area contributed by atoms with Crippen LogP contribution in [0, 0.1) is 0 Å². The van der Waals surface area contributed by atoms with E-state index in [1.807, 2.05) is 35.2 Å². The first-order valence-electron chi connectivity index (χ1n) is 9.16. The maximum Gasteiger partial charge on any atom is 0.255 e. The molecule has 8 heteroatoms. The Balaban J connectivity index is 0.00000140. The fourth-order valence-electron chi connectivity index (χ4n) is 3.81. The molecule has 0 aliphatic carbocycles. The molecular formula is C20H25Cl3N4O. The lowest BCUT2D eigenvalue weighted by molar-refractivity contribution is 0.0773. The Morgan fingerprint density at radius 1 is 1.04 bits per heavy atom. The van der Waals surface area contributed by atoms with Gasteiger partial charge in [0.25, 0.3) is 5.91 Å². The zero-order valence-corrected chi connectivity index (χ0v) is 17.9. The molecule has 28 heavy (non-hydrogen) atoms. The molecule has 1 aromatic heterocycles. The van der Waals surface area contributed by atoms with Gasteiger partial charge in [0.05, 0.1) is 5.56 Å². The Kier molecular flexibility index (Phi) is 8.53. The minimum atomic E-state index is 0. The molecule has 1 aromatic carbocycles. The number of halogens is 3. The Labute approximate surface area is 183 Å². The highest BCUT2D eigenvalue weighted by atomic mass is 35.5. The van der Waals surface area contributed by atoms with E-state index < -0.39 is 0 Å². The molecule has 0 radical (unpaired) electrons. The van der Waals surface area contributed by atoms with Crippen molar-refractivity contribution in [1.29, 1.82) is 0 Å². The summed E-state index contributed by atoms with van der Waals surface area (Å²) in [7, 11) is 0. The van der Waals surface area contributed by atoms with Crippen molar-refractivity contribution in [3.63, 3.8) is 0 Å². The van der Waals surface area contributed by atoms with Gasteiger partial charge in [0.1, 0.15) is 0 Å². The van der Waals surface area contributed by atoms with Gasteiger partial charge >= 0.3 is 0 Å². The second-order valence-corrected chi connectivity index (χ2v) is 7.39. The smallest absolute Gasteiger partial charge is 0.255 e. The average molecular weight is 444 g/mol. The van der Waals surface area contributed by atoms with Crippen molar-refractivity contribution >= 4 is 42.3 Å². The molecule has 1 amide bonds. The van der Waals surface area contributed by atoms with E-state index in [1.165, 1.54) is 0 Å². The standard InChI is InChI=1S/C20H23ClN4O.2ClH/c21-18-3-1-15(2-4-18)16-11-17(13-23-12-16)20(26)25-8-5-19(14-25)24-9-6-22-7-10-24;;/h1-4,11-13,19,22H,5-10,14H2;2*1H. The molecule has 152 valence electrons. The zero-order chi connectivity index (χ0) is 17.9. The topological polar surface area (TPSA) is 48.5 Å². The highest BCUT2D eigenvalue weighted by Gasteiger charge is 2.31. The number of piperazine rings is 1. The quantitative estimate of drug-likeness (QED) is 0.790. The van der Waals surface area contributed by atoms with Crippen LogP contribution < -0.4 is 5.32 Å². The molecule has 5 nitrogen and oxygen atoms in total. The number of amides is 1. The Hall–Kier alpha value is -1.37. The number of pyridine rings is 1. The van der Waals surface area contributed by atoms with Gasteiger partial charge in [-0.1, -0.05) is 23.7 Å². The summed E-state index contributed by atoms with van der Waals surface area (Å²) in [6.07, 6.45) is 4.50. The van der Waals surface area contributed by atoms with Crippen molar-refractivity contribution in [2.24, 2.45) is 0 Å². The van der Waals surface area contributed by atoms with Crippen molar-refractivity contribution in [2.75, 3.05) is 39.3 Å². The third-order valence-corrected chi connectivity index (χ3v) is 5.53. The van der Waals surface area contributed by atoms with Crippen LogP contribution in [0.25, 0.3) is 11.1 Å². The maximum atomic E-state index is 12.9. The predicted molar refractivity (Wildman–Crippen MR) is 118 cm³/mol. The molecule has 1 unspecified atom stereocenters. The Morgan fingerprint density at radius 3 is 2.46 bits per heavy atom. The molecule has 1 atom stereocenters. The molecule has 4 rings (SSSR count). The zero-order valence-electron chi connectivity index (χ0n) is 15.5. The SMILES string of the molecule is Cl.Cl.O=C(c1cncc(-c2ccc(Cl)cc2)c1)N1CCC(N2CCNCC2)C1. The normalized spacial score (nSPS) is 19.6. The van der Waals surface area contributed by atoms with Crippen molar-refractivity contribution in [3.8, 4) is 11.1 Å². The summed E-state index contributed by atoms with van der Waals surface area (Å²) in [6, 6.07) is 10.0. The van der Waals surface area contributed by atoms with Crippen LogP contribution in [0.5, 0.6) is 0 Å². The van der Waals surface area contributed by atoms with Gasteiger partial charge in [-0.3, -0.25) is 14.7 Å². The summed E-state index contributed by atoms with van der Waals surface area (Å²) in [4.78, 5) is 21.7. The Morgan fingerprint density at radius 2 is 1.75 bits per heavy atom. The number of carbonyl (C=O) groups is 1. The van der Waals surface area contributed by atoms with Gasteiger partial charge in [-0.25, -0.2) is 0 Å². The minimum Gasteiger partial charge on any atom is -0.337 e. The number of likely N-dealkylation sites (tertiary alicyclic amines) is 1. The van der Waals surface area contributed by atoms with Crippen LogP contribution in [-0.2, 0) is 0 Å². The van der Waals surface area contributed by atoms with E-state index >= 15 is 0 Å². The third kappa shape index (κ3) is 5.16. The first kappa shape index (κ1) is 22.9. The van der Waals surface area contributed by atoms with Gasteiger partial charge in [-0.05, 0) is 30.2 Å². The highest BCUT2D eigenvalue weighted by molar-refractivity contribution is 6.30. The van der Waals surface area contributed by atoms with E-state index in [9.17, 15) is 4.79 Å². The average Bonchev–Trinajstić information content (AvgIpc) is 3.19. The Bertz CT molecular complexity index is 781. The number of aromatic nitrogens is 1. The van der Waals surface area contributed by atoms with Crippen LogP contribution in [0.4, 0.5) is 0 Å². The van der Waals surface area contributed by atoms with Crippen molar-refractivity contribution in [3.05, 3.63) is 53.3 Å². The van der Waals surface area contributed by atoms with Crippen LogP contribution in [0.15, 0.2) is 42.7 Å². The molecule has 1 N–H and O–H groups in total. The molecule has 2 aliphatic heterocycles. The van der Waals surface area contributed by atoms with Crippen LogP contribution in [0.1, 0.15) is 16.8 Å². The summed E-state index contributed by atoms with van der Waals surface area (Å²) >= 11 is 5.96. The lowest BCUT2D eigenvalue weighted by atomic mass is 10.1. The summed E-state index contributed by atoms with van der Waals surface area (Å²) in [6.45, 7) is 5.85. The summed E-state index contributed by atoms with van der Waals surface area (Å²) in [5.41, 5.74) is 2.60. The van der Waals surface area contributed by atoms with Gasteiger partial charge in [-0.2, -0.15) is 0 Å². The fourth-order valence-corrected chi connectivity index (χ4v) is 3.94. The number of hydrogen-bond donors (Lipinski definition) is 1. The van der Waals surface area contributed by atoms with Crippen molar-refractivity contribution < 1.29 is 4.79 Å². The number of rotatable bonds is 3. The molecule has 0 bridgehead atoms. The van der Waals surface area contributed by atoms with Crippen molar-refractivity contribution in [2.45, 2.75) is 12.5 Å². The third-order valence-electron chi connectivity index (χ3n) is 5.28. The molecule has 2 fully saturated rings. The molecule has 3 heterocycles. The van der Waals surface area contributed by atoms with E-state index in [1.54, 1.807) is 12.4 Å². The lowest BCUT2D eigenvalue weighted by Gasteiger charge is -2.32. The van der Waals surface area contributed by atoms with Crippen LogP contribution in [0.2, 0.25) is 5.02 Å². The first-order valence-corrected chi connectivity index (χ1v) is 9.53. The van der Waals surface area contributed by atoms with Crippen molar-refractivity contribution in [1.82, 2.24) is 20.1 Å². The second kappa shape index (κ2) is 10.4. The predicted octanol–water partition coefficient (Wildman–Crippen LogP) is 3.37. The number of nitrogens with zero attached hydrogens (tertiary/aromatic N) is 3. The summed E-state index contributed by atoms with van der Waals surface area (Å²) in [5, 5.41) is 4.08. The van der Waals surface area contributed by atoms with Gasteiger partial charge < -0.3 is 10.2 Å². The second-order valence-electron chi connectivity index (χ2n) is 6.95. The molecular weight excluding hydrogens is 419 g/mol. The van der Waals surface area contributed by atoms with Gasteiger partial charge in [0, 0.05) is 68.3 Å². The number of nitrogens with one attached hydrogen (secondary N) is 1. The highest BCUT2D eigenvalue weighted by Crippen LogP contribution is 2.23. The lowest BCUT2D eigenvalue weighted by Crippen LogP contribution is -2.49. The number of hydrogen-bond acceptors (Lipinski definition) is 4. The van der Waals surface area contributed by atoms with E-state index in [4.69, 9.17) is 11.6 Å². The van der Waals surface area contributed by atoms with Crippen LogP contribution in [0.3, 0.4) is 0 Å². The van der Waals surface area contributed by atoms with Gasteiger partial charge in [0.2, 0.25) is 0 Å². The first-order chi connectivity index (χ1) is 12.7. The van der Waals surface area contributed by atoms with E-state index in [2.05, 4.69) is 15.2 Å². The molecule has 2 aromatic rings. The van der Waals surface area contributed by atoms with E-state index in [0.717, 1.165) is 56.8 Å². The number of benzene rings is 1. The number of carbonyl (C=O) groups excluding carboxylic acids is 1. The fraction of sp³-hybridized carbons (Fsp3) is 0.400. The van der Waals surface area contributed by atoms with Gasteiger partial charge in [0.15, 0.2) is 0 Å². The minimum absolute atomic E-state index is 0. The molecule has 0 spiro atoms. The molecule has 2 saturated heterocycles. The van der Waals surface area contributed by atoms with E-state index in [0.29, 0.717) is 16.6 Å². The van der Waals surface area contributed by atoms with Crippen LogP contribution >= 0.6 is 36.4 Å². The molecule has 0 saturated carbocycles. The summed E-state index contributed by atoms with van der Waals surface area (Å²) < 4.78 is 0. The molecule has 2 aliphatic rings. The summed E-state index contributed by atoms with van der Waals surface area (Å²) in [5.74, 6) is 0.0750. The van der Waals surface area contributed by atoms with E-state index in [-0.39, 0.29) is 30.7 Å². The maximum absolute atomic E-state index is 12.9. The monoisotopic (exact) mass is 442 g/mol. The van der Waals surface area contributed by atoms with Gasteiger partial charge in [-0.15, -0.1) is 24.8 Å².